The summed E-state index contributed by atoms with van der Waals surface area (Å²) in [6, 6.07) is 0.00671. The van der Waals surface area contributed by atoms with E-state index in [-0.39, 0.29) is 28.8 Å². The topological polar surface area (TPSA) is 46.6 Å². The third-order valence-electron chi connectivity index (χ3n) is 3.23. The van der Waals surface area contributed by atoms with Crippen LogP contribution in [0.1, 0.15) is 40.0 Å². The minimum atomic E-state index is -0.486. The van der Waals surface area contributed by atoms with E-state index in [0.717, 1.165) is 12.8 Å². The van der Waals surface area contributed by atoms with Crippen molar-refractivity contribution in [2.75, 3.05) is 0 Å². The second-order valence-corrected chi connectivity index (χ2v) is 6.74. The van der Waals surface area contributed by atoms with Crippen LogP contribution in [0.4, 0.5) is 4.79 Å². The van der Waals surface area contributed by atoms with Crippen molar-refractivity contribution in [3.05, 3.63) is 0 Å². The molecule has 0 aromatic carbocycles. The Morgan fingerprint density at radius 2 is 2.06 bits per heavy atom. The minimum absolute atomic E-state index is 0.0314. The zero-order chi connectivity index (χ0) is 12.8. The van der Waals surface area contributed by atoms with Gasteiger partial charge in [-0.2, -0.15) is 0 Å². The third kappa shape index (κ3) is 2.49. The van der Waals surface area contributed by atoms with Crippen LogP contribution < -0.4 is 0 Å². The number of alkyl halides is 1. The minimum Gasteiger partial charge on any atom is -0.444 e. The molecule has 0 saturated carbocycles. The van der Waals surface area contributed by atoms with Crippen LogP contribution in [-0.2, 0) is 9.53 Å². The van der Waals surface area contributed by atoms with Crippen LogP contribution in [0, 0.1) is 0 Å². The Balaban J connectivity index is 2.12. The number of rotatable bonds is 0. The van der Waals surface area contributed by atoms with E-state index >= 15 is 0 Å². The van der Waals surface area contributed by atoms with Gasteiger partial charge in [0.15, 0.2) is 5.78 Å². The van der Waals surface area contributed by atoms with Crippen LogP contribution in [-0.4, -0.2) is 39.3 Å². The van der Waals surface area contributed by atoms with Crippen molar-refractivity contribution < 1.29 is 14.3 Å². The van der Waals surface area contributed by atoms with Crippen LogP contribution in [0.2, 0.25) is 0 Å². The van der Waals surface area contributed by atoms with E-state index in [1.54, 1.807) is 4.90 Å². The Morgan fingerprint density at radius 3 is 2.65 bits per heavy atom. The number of ether oxygens (including phenoxy) is 1. The number of amides is 1. The second kappa shape index (κ2) is 4.26. The van der Waals surface area contributed by atoms with Gasteiger partial charge in [0, 0.05) is 12.5 Å². The van der Waals surface area contributed by atoms with Gasteiger partial charge >= 0.3 is 6.09 Å². The lowest BCUT2D eigenvalue weighted by molar-refractivity contribution is -0.122. The molecule has 0 aliphatic carbocycles. The van der Waals surface area contributed by atoms with Gasteiger partial charge in [0.05, 0.1) is 10.9 Å². The molecule has 0 N–H and O–H groups in total. The Morgan fingerprint density at radius 1 is 1.41 bits per heavy atom. The van der Waals surface area contributed by atoms with E-state index in [2.05, 4.69) is 15.9 Å². The summed E-state index contributed by atoms with van der Waals surface area (Å²) in [6.45, 7) is 5.56. The third-order valence-corrected chi connectivity index (χ3v) is 4.35. The molecule has 2 heterocycles. The Bertz CT molecular complexity index is 350. The van der Waals surface area contributed by atoms with Gasteiger partial charge in [0.1, 0.15) is 5.60 Å². The quantitative estimate of drug-likeness (QED) is 0.646. The fourth-order valence-electron chi connectivity index (χ4n) is 2.56. The first-order valence-electron chi connectivity index (χ1n) is 5.98. The number of carbonyl (C=O) groups excluding carboxylic acids is 2. The Labute approximate surface area is 110 Å². The molecule has 2 saturated heterocycles. The van der Waals surface area contributed by atoms with Crippen LogP contribution in [0.5, 0.6) is 0 Å². The smallest absolute Gasteiger partial charge is 0.410 e. The average Bonchev–Trinajstić information content (AvgIpc) is 2.51. The maximum atomic E-state index is 12.1. The largest absolute Gasteiger partial charge is 0.444 e. The standard InChI is InChI=1S/C12H18BrNO3/c1-12(2,3)17-11(16)14-7-4-5-8(14)10(13)9(15)6-7/h7-8,10H,4-6H2,1-3H3. The van der Waals surface area contributed by atoms with E-state index in [9.17, 15) is 9.59 Å². The van der Waals surface area contributed by atoms with Crippen LogP contribution in [0.3, 0.4) is 0 Å². The fraction of sp³-hybridized carbons (Fsp3) is 0.833. The van der Waals surface area contributed by atoms with E-state index in [4.69, 9.17) is 4.74 Å². The van der Waals surface area contributed by atoms with E-state index in [1.165, 1.54) is 0 Å². The number of carbonyl (C=O) groups is 2. The number of Topliss-reactive ketones (excluding diaryl/α,β-unsaturated/α-hetero) is 1. The second-order valence-electron chi connectivity index (χ2n) is 5.76. The summed E-state index contributed by atoms with van der Waals surface area (Å²) >= 11 is 3.40. The zero-order valence-corrected chi connectivity index (χ0v) is 12.0. The van der Waals surface area contributed by atoms with Gasteiger partial charge in [-0.15, -0.1) is 0 Å². The van der Waals surface area contributed by atoms with Crippen molar-refractivity contribution in [1.82, 2.24) is 4.90 Å². The first-order chi connectivity index (χ1) is 7.79. The lowest BCUT2D eigenvalue weighted by atomic mass is 10.0. The molecule has 0 radical (unpaired) electrons. The lowest BCUT2D eigenvalue weighted by Crippen LogP contribution is -2.53. The zero-order valence-electron chi connectivity index (χ0n) is 10.4. The summed E-state index contributed by atoms with van der Waals surface area (Å²) < 4.78 is 5.40. The van der Waals surface area contributed by atoms with Gasteiger partial charge in [0.25, 0.3) is 0 Å². The predicted octanol–water partition coefficient (Wildman–Crippen LogP) is 2.49. The van der Waals surface area contributed by atoms with Crippen LogP contribution in [0.15, 0.2) is 0 Å². The molecule has 17 heavy (non-hydrogen) atoms. The molecule has 2 fully saturated rings. The van der Waals surface area contributed by atoms with Gasteiger partial charge < -0.3 is 9.64 Å². The average molecular weight is 304 g/mol. The molecule has 3 atom stereocenters. The van der Waals surface area contributed by atoms with Gasteiger partial charge in [-0.1, -0.05) is 15.9 Å². The van der Waals surface area contributed by atoms with Crippen molar-refractivity contribution in [2.24, 2.45) is 0 Å². The molecule has 5 heteroatoms. The molecule has 0 aromatic heterocycles. The van der Waals surface area contributed by atoms with E-state index in [1.807, 2.05) is 20.8 Å². The van der Waals surface area contributed by atoms with Gasteiger partial charge in [0.2, 0.25) is 0 Å². The molecule has 2 aliphatic rings. The number of ketones is 1. The highest BCUT2D eigenvalue weighted by Crippen LogP contribution is 2.38. The van der Waals surface area contributed by atoms with Crippen molar-refractivity contribution in [3.63, 3.8) is 0 Å². The summed E-state index contributed by atoms with van der Waals surface area (Å²) in [7, 11) is 0. The number of fused-ring (bicyclic) bond motifs is 2. The normalized spacial score (nSPS) is 32.8. The molecule has 2 aliphatic heterocycles. The molecule has 0 spiro atoms. The monoisotopic (exact) mass is 303 g/mol. The number of hydrogen-bond donors (Lipinski definition) is 0. The van der Waals surface area contributed by atoms with Crippen molar-refractivity contribution in [3.8, 4) is 0 Å². The van der Waals surface area contributed by atoms with Crippen LogP contribution in [0.25, 0.3) is 0 Å². The predicted molar refractivity (Wildman–Crippen MR) is 67.2 cm³/mol. The van der Waals surface area contributed by atoms with Crippen molar-refractivity contribution in [2.45, 2.75) is 62.5 Å². The highest BCUT2D eigenvalue weighted by atomic mass is 79.9. The number of piperidine rings is 1. The van der Waals surface area contributed by atoms with Crippen LogP contribution >= 0.6 is 15.9 Å². The maximum absolute atomic E-state index is 12.1. The summed E-state index contributed by atoms with van der Waals surface area (Å²) in [4.78, 5) is 25.3. The summed E-state index contributed by atoms with van der Waals surface area (Å²) in [6.07, 6.45) is 1.94. The van der Waals surface area contributed by atoms with Crippen molar-refractivity contribution in [1.29, 1.82) is 0 Å². The SMILES string of the molecule is CC(C)(C)OC(=O)N1C2CCC1C(Br)C(=O)C2. The van der Waals surface area contributed by atoms with E-state index < -0.39 is 5.60 Å². The van der Waals surface area contributed by atoms with E-state index in [0.29, 0.717) is 6.42 Å². The Kier molecular flexibility index (Phi) is 3.23. The molecule has 0 aromatic rings. The van der Waals surface area contributed by atoms with Gasteiger partial charge in [-0.3, -0.25) is 4.79 Å². The fourth-order valence-corrected chi connectivity index (χ4v) is 3.26. The van der Waals surface area contributed by atoms with Gasteiger partial charge in [-0.25, -0.2) is 4.79 Å². The number of hydrogen-bond acceptors (Lipinski definition) is 3. The Hall–Kier alpha value is -0.580. The highest BCUT2D eigenvalue weighted by molar-refractivity contribution is 9.10. The molecule has 3 unspecified atom stereocenters. The molecule has 4 nitrogen and oxygen atoms in total. The molecule has 1 amide bonds. The highest BCUT2D eigenvalue weighted by Gasteiger charge is 2.49. The summed E-state index contributed by atoms with van der Waals surface area (Å²) in [5.74, 6) is 0.206. The van der Waals surface area contributed by atoms with Gasteiger partial charge in [-0.05, 0) is 33.6 Å². The molecular formula is C12H18BrNO3. The van der Waals surface area contributed by atoms with Crippen molar-refractivity contribution >= 4 is 27.8 Å². The molecular weight excluding hydrogens is 286 g/mol. The first kappa shape index (κ1) is 12.9. The summed E-state index contributed by atoms with van der Waals surface area (Å²) in [5.41, 5.74) is -0.486. The molecule has 2 bridgehead atoms. The molecule has 2 rings (SSSR count). The first-order valence-corrected chi connectivity index (χ1v) is 6.89. The summed E-state index contributed by atoms with van der Waals surface area (Å²) in [5, 5.41) is 0. The lowest BCUT2D eigenvalue weighted by Gasteiger charge is -2.37. The number of halogens is 1. The number of nitrogens with zero attached hydrogens (tertiary/aromatic N) is 1. The molecule has 96 valence electrons. The maximum Gasteiger partial charge on any atom is 0.410 e.